The number of aryl methyl sites for hydroxylation is 2. The summed E-state index contributed by atoms with van der Waals surface area (Å²) in [5.74, 6) is 0.186. The van der Waals surface area contributed by atoms with Crippen LogP contribution in [0.4, 0.5) is 5.95 Å². The van der Waals surface area contributed by atoms with Gasteiger partial charge in [-0.2, -0.15) is 0 Å². The molecule has 0 spiro atoms. The summed E-state index contributed by atoms with van der Waals surface area (Å²) in [7, 11) is 0. The van der Waals surface area contributed by atoms with Gasteiger partial charge in [0.25, 0.3) is 5.91 Å². The lowest BCUT2D eigenvalue weighted by Crippen LogP contribution is -2.20. The van der Waals surface area contributed by atoms with Crippen LogP contribution in [0, 0.1) is 13.8 Å². The van der Waals surface area contributed by atoms with E-state index >= 15 is 0 Å². The molecule has 0 saturated carbocycles. The van der Waals surface area contributed by atoms with Crippen molar-refractivity contribution in [2.75, 3.05) is 5.73 Å². The largest absolute Gasteiger partial charge is 0.487 e. The molecule has 0 bridgehead atoms. The van der Waals surface area contributed by atoms with Gasteiger partial charge in [-0.25, -0.2) is 9.97 Å². The average molecular weight is 351 g/mol. The van der Waals surface area contributed by atoms with Crippen LogP contribution in [0.25, 0.3) is 0 Å². The molecule has 1 aromatic heterocycles. The molecule has 1 aromatic carbocycles. The van der Waals surface area contributed by atoms with Crippen LogP contribution in [-0.4, -0.2) is 15.9 Å². The van der Waals surface area contributed by atoms with E-state index in [1.54, 1.807) is 6.92 Å². The molecule has 4 N–H and O–H groups in total. The van der Waals surface area contributed by atoms with E-state index in [4.69, 9.17) is 16.2 Å². The van der Waals surface area contributed by atoms with Gasteiger partial charge in [0.05, 0.1) is 17.0 Å². The van der Waals surface area contributed by atoms with Crippen LogP contribution in [0.2, 0.25) is 0 Å². The number of rotatable bonds is 4. The molecule has 0 radical (unpaired) electrons. The van der Waals surface area contributed by atoms with Crippen LogP contribution < -0.4 is 16.2 Å². The number of primary amides is 1. The van der Waals surface area contributed by atoms with Crippen molar-refractivity contribution < 1.29 is 9.53 Å². The number of nitrogen functional groups attached to an aromatic ring is 1. The summed E-state index contributed by atoms with van der Waals surface area (Å²) in [4.78, 5) is 19.5. The van der Waals surface area contributed by atoms with Crippen LogP contribution in [0.15, 0.2) is 22.7 Å². The lowest BCUT2D eigenvalue weighted by Gasteiger charge is -2.12. The van der Waals surface area contributed by atoms with Gasteiger partial charge in [-0.15, -0.1) is 0 Å². The van der Waals surface area contributed by atoms with Crippen LogP contribution in [0.3, 0.4) is 0 Å². The lowest BCUT2D eigenvalue weighted by atomic mass is 10.1. The normalized spacial score (nSPS) is 10.4. The number of halogens is 1. The van der Waals surface area contributed by atoms with E-state index in [-0.39, 0.29) is 18.1 Å². The van der Waals surface area contributed by atoms with E-state index in [0.29, 0.717) is 17.1 Å². The Morgan fingerprint density at radius 2 is 2.05 bits per heavy atom. The van der Waals surface area contributed by atoms with E-state index in [1.807, 2.05) is 25.1 Å². The highest BCUT2D eigenvalue weighted by molar-refractivity contribution is 9.10. The Kier molecular flexibility index (Phi) is 4.42. The third-order valence-corrected chi connectivity index (χ3v) is 3.42. The summed E-state index contributed by atoms with van der Waals surface area (Å²) in [6.45, 7) is 3.68. The molecular formula is C14H15BrN4O2. The quantitative estimate of drug-likeness (QED) is 0.878. The summed E-state index contributed by atoms with van der Waals surface area (Å²) in [5, 5.41) is 0. The van der Waals surface area contributed by atoms with Crippen LogP contribution in [0.5, 0.6) is 5.75 Å². The van der Waals surface area contributed by atoms with Gasteiger partial charge in [0.1, 0.15) is 12.4 Å². The molecule has 2 aromatic rings. The zero-order valence-electron chi connectivity index (χ0n) is 11.7. The van der Waals surface area contributed by atoms with E-state index < -0.39 is 5.91 Å². The van der Waals surface area contributed by atoms with Crippen molar-refractivity contribution in [1.82, 2.24) is 9.97 Å². The molecule has 21 heavy (non-hydrogen) atoms. The number of hydrogen-bond donors (Lipinski definition) is 2. The molecule has 2 rings (SSSR count). The molecule has 0 unspecified atom stereocenters. The van der Waals surface area contributed by atoms with Crippen molar-refractivity contribution in [1.29, 1.82) is 0 Å². The highest BCUT2D eigenvalue weighted by Crippen LogP contribution is 2.23. The first-order valence-electron chi connectivity index (χ1n) is 6.20. The summed E-state index contributed by atoms with van der Waals surface area (Å²) >= 11 is 3.39. The van der Waals surface area contributed by atoms with Gasteiger partial charge in [-0.3, -0.25) is 4.79 Å². The molecule has 110 valence electrons. The van der Waals surface area contributed by atoms with E-state index in [9.17, 15) is 4.79 Å². The number of aromatic nitrogens is 2. The van der Waals surface area contributed by atoms with Gasteiger partial charge in [-0.05, 0) is 37.6 Å². The minimum Gasteiger partial charge on any atom is -0.487 e. The Bertz CT molecular complexity index is 704. The Hall–Kier alpha value is -2.15. The first-order valence-corrected chi connectivity index (χ1v) is 6.99. The monoisotopic (exact) mass is 350 g/mol. The van der Waals surface area contributed by atoms with Crippen LogP contribution >= 0.6 is 15.9 Å². The number of amides is 1. The molecule has 0 atom stereocenters. The number of anilines is 1. The maximum Gasteiger partial charge on any atom is 0.252 e. The second-order valence-corrected chi connectivity index (χ2v) is 5.47. The second kappa shape index (κ2) is 6.09. The molecule has 0 saturated heterocycles. The van der Waals surface area contributed by atoms with E-state index in [0.717, 1.165) is 10.0 Å². The molecule has 1 heterocycles. The number of hydrogen-bond acceptors (Lipinski definition) is 5. The Labute approximate surface area is 130 Å². The van der Waals surface area contributed by atoms with Crippen molar-refractivity contribution in [3.63, 3.8) is 0 Å². The lowest BCUT2D eigenvalue weighted by molar-refractivity contribution is 0.0996. The van der Waals surface area contributed by atoms with Gasteiger partial charge in [0.2, 0.25) is 5.95 Å². The third kappa shape index (κ3) is 3.49. The summed E-state index contributed by atoms with van der Waals surface area (Å²) in [5.41, 5.74) is 13.0. The smallest absolute Gasteiger partial charge is 0.252 e. The average Bonchev–Trinajstić information content (AvgIpc) is 2.36. The second-order valence-electron chi connectivity index (χ2n) is 4.55. The molecular weight excluding hydrogens is 336 g/mol. The number of benzene rings is 1. The molecule has 6 nitrogen and oxygen atoms in total. The number of carbonyl (C=O) groups excluding carboxylic acids is 1. The predicted molar refractivity (Wildman–Crippen MR) is 82.9 cm³/mol. The standard InChI is InChI=1S/C14H15BrN4O2/c1-7-5-9(15)3-4-11(7)21-6-10-12(13(16)20)8(2)18-14(17)19-10/h3-5H,6H2,1-2H3,(H2,16,20)(H2,17,18,19). The zero-order chi connectivity index (χ0) is 15.6. The molecule has 0 fully saturated rings. The molecule has 0 aliphatic rings. The maximum absolute atomic E-state index is 11.5. The predicted octanol–water partition coefficient (Wildman–Crippen LogP) is 2.12. The SMILES string of the molecule is Cc1cc(Br)ccc1OCc1nc(N)nc(C)c1C(N)=O. The van der Waals surface area contributed by atoms with Gasteiger partial charge < -0.3 is 16.2 Å². The number of nitrogens with two attached hydrogens (primary N) is 2. The Morgan fingerprint density at radius 1 is 1.33 bits per heavy atom. The minimum atomic E-state index is -0.598. The van der Waals surface area contributed by atoms with Crippen molar-refractivity contribution >= 4 is 27.8 Å². The van der Waals surface area contributed by atoms with Crippen molar-refractivity contribution in [2.45, 2.75) is 20.5 Å². The number of ether oxygens (including phenoxy) is 1. The highest BCUT2D eigenvalue weighted by Gasteiger charge is 2.16. The maximum atomic E-state index is 11.5. The number of carbonyl (C=O) groups is 1. The fourth-order valence-electron chi connectivity index (χ4n) is 2.00. The fraction of sp³-hybridized carbons (Fsp3) is 0.214. The van der Waals surface area contributed by atoms with Crippen LogP contribution in [0.1, 0.15) is 27.3 Å². The molecule has 7 heteroatoms. The number of nitrogens with zero attached hydrogens (tertiary/aromatic N) is 2. The van der Waals surface area contributed by atoms with Gasteiger partial charge >= 0.3 is 0 Å². The third-order valence-electron chi connectivity index (χ3n) is 2.93. The van der Waals surface area contributed by atoms with E-state index in [1.165, 1.54) is 0 Å². The first kappa shape index (κ1) is 15.2. The highest BCUT2D eigenvalue weighted by atomic mass is 79.9. The van der Waals surface area contributed by atoms with Crippen molar-refractivity contribution in [3.8, 4) is 5.75 Å². The summed E-state index contributed by atoms with van der Waals surface area (Å²) in [6.07, 6.45) is 0. The van der Waals surface area contributed by atoms with Crippen molar-refractivity contribution in [2.24, 2.45) is 5.73 Å². The van der Waals surface area contributed by atoms with Crippen molar-refractivity contribution in [3.05, 3.63) is 45.2 Å². The molecule has 1 amide bonds. The minimum absolute atomic E-state index is 0.0867. The topological polar surface area (TPSA) is 104 Å². The van der Waals surface area contributed by atoms with E-state index in [2.05, 4.69) is 25.9 Å². The first-order chi connectivity index (χ1) is 9.88. The zero-order valence-corrected chi connectivity index (χ0v) is 13.3. The van der Waals surface area contributed by atoms with Gasteiger partial charge in [0, 0.05) is 4.47 Å². The van der Waals surface area contributed by atoms with Gasteiger partial charge in [0.15, 0.2) is 0 Å². The molecule has 0 aliphatic carbocycles. The summed E-state index contributed by atoms with van der Waals surface area (Å²) in [6, 6.07) is 5.64. The molecule has 0 aliphatic heterocycles. The Morgan fingerprint density at radius 3 is 2.67 bits per heavy atom. The summed E-state index contributed by atoms with van der Waals surface area (Å²) < 4.78 is 6.67. The Balaban J connectivity index is 2.29. The van der Waals surface area contributed by atoms with Crippen LogP contribution in [-0.2, 0) is 6.61 Å². The van der Waals surface area contributed by atoms with Gasteiger partial charge in [-0.1, -0.05) is 15.9 Å². The fourth-order valence-corrected chi connectivity index (χ4v) is 2.48.